The molecule has 0 radical (unpaired) electrons. The highest BCUT2D eigenvalue weighted by molar-refractivity contribution is 7.13. The van der Waals surface area contributed by atoms with Gasteiger partial charge in [-0.05, 0) is 25.5 Å². The number of benzene rings is 1. The van der Waals surface area contributed by atoms with E-state index in [0.717, 1.165) is 29.1 Å². The van der Waals surface area contributed by atoms with Crippen molar-refractivity contribution < 1.29 is 4.79 Å². The summed E-state index contributed by atoms with van der Waals surface area (Å²) in [4.78, 5) is 16.5. The first-order chi connectivity index (χ1) is 10.5. The zero-order valence-corrected chi connectivity index (χ0v) is 14.9. The van der Waals surface area contributed by atoms with Gasteiger partial charge in [0.25, 0.3) is 0 Å². The highest BCUT2D eigenvalue weighted by Gasteiger charge is 2.14. The molecular weight excluding hydrogens is 339 g/mol. The van der Waals surface area contributed by atoms with E-state index >= 15 is 0 Å². The maximum absolute atomic E-state index is 12.0. The second kappa shape index (κ2) is 7.95. The third-order valence-corrected chi connectivity index (χ3v) is 4.74. The minimum atomic E-state index is -0.0111. The van der Waals surface area contributed by atoms with Gasteiger partial charge in [-0.2, -0.15) is 0 Å². The van der Waals surface area contributed by atoms with Crippen LogP contribution < -0.4 is 5.32 Å². The van der Waals surface area contributed by atoms with Crippen molar-refractivity contribution in [3.63, 3.8) is 0 Å². The quantitative estimate of drug-likeness (QED) is 0.794. The lowest BCUT2D eigenvalue weighted by Crippen LogP contribution is -2.33. The lowest BCUT2D eigenvalue weighted by molar-refractivity contribution is -0.121. The largest absolute Gasteiger partial charge is 0.353 e. The van der Waals surface area contributed by atoms with Crippen molar-refractivity contribution in [2.24, 2.45) is 0 Å². The molecule has 1 heterocycles. The van der Waals surface area contributed by atoms with Gasteiger partial charge in [-0.15, -0.1) is 11.3 Å². The van der Waals surface area contributed by atoms with Gasteiger partial charge < -0.3 is 5.32 Å². The molecule has 118 valence electrons. The summed E-state index contributed by atoms with van der Waals surface area (Å²) in [6, 6.07) is 5.55. The minimum absolute atomic E-state index is 0.0111. The molecule has 0 spiro atoms. The Morgan fingerprint density at radius 3 is 2.68 bits per heavy atom. The summed E-state index contributed by atoms with van der Waals surface area (Å²) in [5.41, 5.74) is 1.46. The Labute approximate surface area is 144 Å². The molecular formula is C16H18Cl2N2OS. The molecule has 0 aliphatic heterocycles. The van der Waals surface area contributed by atoms with Crippen LogP contribution in [-0.4, -0.2) is 16.9 Å². The van der Waals surface area contributed by atoms with Crippen molar-refractivity contribution in [3.05, 3.63) is 39.3 Å². The molecule has 0 saturated carbocycles. The molecule has 0 bridgehead atoms. The molecule has 2 aromatic rings. The lowest BCUT2D eigenvalue weighted by atomic mass is 10.2. The van der Waals surface area contributed by atoms with Gasteiger partial charge in [-0.25, -0.2) is 4.98 Å². The van der Waals surface area contributed by atoms with E-state index in [0.29, 0.717) is 10.0 Å². The number of hydrogen-bond donors (Lipinski definition) is 1. The van der Waals surface area contributed by atoms with Crippen LogP contribution in [0.1, 0.15) is 32.4 Å². The molecule has 1 atom stereocenters. The van der Waals surface area contributed by atoms with Crippen LogP contribution in [0.25, 0.3) is 10.6 Å². The van der Waals surface area contributed by atoms with E-state index in [1.165, 1.54) is 11.3 Å². The molecule has 1 N–H and O–H groups in total. The molecule has 6 heteroatoms. The SMILES string of the molecule is CCC[C@H](C)NC(=O)Cc1csc(-c2c(Cl)cccc2Cl)n1. The Morgan fingerprint density at radius 1 is 1.36 bits per heavy atom. The normalized spacial score (nSPS) is 12.2. The highest BCUT2D eigenvalue weighted by Crippen LogP contribution is 2.36. The van der Waals surface area contributed by atoms with Crippen molar-refractivity contribution in [2.45, 2.75) is 39.2 Å². The molecule has 0 unspecified atom stereocenters. The summed E-state index contributed by atoms with van der Waals surface area (Å²) in [6.07, 6.45) is 2.29. The molecule has 0 aliphatic carbocycles. The predicted octanol–water partition coefficient (Wildman–Crippen LogP) is 4.96. The average Bonchev–Trinajstić information content (AvgIpc) is 2.86. The summed E-state index contributed by atoms with van der Waals surface area (Å²) in [5.74, 6) is -0.0111. The van der Waals surface area contributed by atoms with E-state index in [1.807, 2.05) is 12.3 Å². The minimum Gasteiger partial charge on any atom is -0.353 e. The van der Waals surface area contributed by atoms with Gasteiger partial charge in [0.15, 0.2) is 0 Å². The zero-order valence-electron chi connectivity index (χ0n) is 12.5. The van der Waals surface area contributed by atoms with Crippen LogP contribution in [0, 0.1) is 0 Å². The fraction of sp³-hybridized carbons (Fsp3) is 0.375. The molecule has 0 aliphatic rings. The van der Waals surface area contributed by atoms with E-state index in [1.54, 1.807) is 18.2 Å². The first-order valence-corrected chi connectivity index (χ1v) is 8.83. The van der Waals surface area contributed by atoms with Crippen LogP contribution in [-0.2, 0) is 11.2 Å². The first kappa shape index (κ1) is 17.3. The average molecular weight is 357 g/mol. The Hall–Kier alpha value is -1.10. The molecule has 0 fully saturated rings. The van der Waals surface area contributed by atoms with Gasteiger partial charge in [0.05, 0.1) is 22.2 Å². The van der Waals surface area contributed by atoms with Crippen molar-refractivity contribution in [1.82, 2.24) is 10.3 Å². The molecule has 1 aromatic carbocycles. The van der Waals surface area contributed by atoms with Gasteiger partial charge in [0.2, 0.25) is 5.91 Å². The second-order valence-electron chi connectivity index (χ2n) is 5.17. The highest BCUT2D eigenvalue weighted by atomic mass is 35.5. The Balaban J connectivity index is 2.07. The summed E-state index contributed by atoms with van der Waals surface area (Å²) in [5, 5.41) is 6.71. The Morgan fingerprint density at radius 2 is 2.05 bits per heavy atom. The van der Waals surface area contributed by atoms with Crippen LogP contribution in [0.15, 0.2) is 23.6 Å². The number of hydrogen-bond acceptors (Lipinski definition) is 3. The van der Waals surface area contributed by atoms with Crippen molar-refractivity contribution in [3.8, 4) is 10.6 Å². The third kappa shape index (κ3) is 4.45. The zero-order chi connectivity index (χ0) is 16.1. The monoisotopic (exact) mass is 356 g/mol. The summed E-state index contributed by atoms with van der Waals surface area (Å²) in [6.45, 7) is 4.11. The number of aromatic nitrogens is 1. The topological polar surface area (TPSA) is 42.0 Å². The summed E-state index contributed by atoms with van der Waals surface area (Å²) < 4.78 is 0. The van der Waals surface area contributed by atoms with Crippen LogP contribution in [0.5, 0.6) is 0 Å². The maximum atomic E-state index is 12.0. The van der Waals surface area contributed by atoms with Crippen LogP contribution in [0.4, 0.5) is 0 Å². The van der Waals surface area contributed by atoms with E-state index in [2.05, 4.69) is 17.2 Å². The number of carbonyl (C=O) groups excluding carboxylic acids is 1. The number of nitrogens with zero attached hydrogens (tertiary/aromatic N) is 1. The number of thiazole rings is 1. The predicted molar refractivity (Wildman–Crippen MR) is 93.8 cm³/mol. The molecule has 3 nitrogen and oxygen atoms in total. The van der Waals surface area contributed by atoms with E-state index in [9.17, 15) is 4.79 Å². The van der Waals surface area contributed by atoms with E-state index in [-0.39, 0.29) is 18.4 Å². The second-order valence-corrected chi connectivity index (χ2v) is 6.85. The van der Waals surface area contributed by atoms with Gasteiger partial charge >= 0.3 is 0 Å². The lowest BCUT2D eigenvalue weighted by Gasteiger charge is -2.11. The third-order valence-electron chi connectivity index (χ3n) is 3.20. The van der Waals surface area contributed by atoms with Crippen LogP contribution >= 0.6 is 34.5 Å². The molecule has 22 heavy (non-hydrogen) atoms. The summed E-state index contributed by atoms with van der Waals surface area (Å²) in [7, 11) is 0. The van der Waals surface area contributed by atoms with E-state index in [4.69, 9.17) is 23.2 Å². The van der Waals surface area contributed by atoms with Crippen LogP contribution in [0.2, 0.25) is 10.0 Å². The van der Waals surface area contributed by atoms with Gasteiger partial charge in [-0.3, -0.25) is 4.79 Å². The number of carbonyl (C=O) groups is 1. The van der Waals surface area contributed by atoms with Gasteiger partial charge in [0.1, 0.15) is 5.01 Å². The summed E-state index contributed by atoms with van der Waals surface area (Å²) >= 11 is 13.8. The van der Waals surface area contributed by atoms with Gasteiger partial charge in [-0.1, -0.05) is 42.6 Å². The standard InChI is InChI=1S/C16H18Cl2N2OS/c1-3-5-10(2)19-14(21)8-11-9-22-16(20-11)15-12(17)6-4-7-13(15)18/h4,6-7,9-10H,3,5,8H2,1-2H3,(H,19,21)/t10-/m0/s1. The van der Waals surface area contributed by atoms with Crippen molar-refractivity contribution >= 4 is 40.4 Å². The Bertz CT molecular complexity index is 637. The maximum Gasteiger partial charge on any atom is 0.226 e. The number of amides is 1. The number of rotatable bonds is 6. The molecule has 1 aromatic heterocycles. The van der Waals surface area contributed by atoms with E-state index < -0.39 is 0 Å². The fourth-order valence-corrected chi connectivity index (χ4v) is 3.78. The van der Waals surface area contributed by atoms with Crippen molar-refractivity contribution in [2.75, 3.05) is 0 Å². The molecule has 2 rings (SSSR count). The fourth-order valence-electron chi connectivity index (χ4n) is 2.20. The van der Waals surface area contributed by atoms with Crippen LogP contribution in [0.3, 0.4) is 0 Å². The van der Waals surface area contributed by atoms with Crippen molar-refractivity contribution in [1.29, 1.82) is 0 Å². The smallest absolute Gasteiger partial charge is 0.226 e. The molecule has 1 amide bonds. The number of halogens is 2. The number of nitrogens with one attached hydrogen (secondary N) is 1. The first-order valence-electron chi connectivity index (χ1n) is 7.19. The molecule has 0 saturated heterocycles. The Kier molecular flexibility index (Phi) is 6.24. The van der Waals surface area contributed by atoms with Gasteiger partial charge in [0, 0.05) is 17.0 Å².